The lowest BCUT2D eigenvalue weighted by atomic mass is 9.85. The van der Waals surface area contributed by atoms with Crippen LogP contribution in [0.4, 0.5) is 0 Å². The monoisotopic (exact) mass is 368 g/mol. The number of benzene rings is 1. The molecule has 1 aliphatic rings. The van der Waals surface area contributed by atoms with Gasteiger partial charge in [0.05, 0.1) is 18.6 Å². The van der Waals surface area contributed by atoms with E-state index in [0.29, 0.717) is 5.22 Å². The van der Waals surface area contributed by atoms with Gasteiger partial charge in [0.2, 0.25) is 0 Å². The minimum Gasteiger partial charge on any atom is -0.296 e. The van der Waals surface area contributed by atoms with Gasteiger partial charge in [-0.25, -0.2) is 16.7 Å². The summed E-state index contributed by atoms with van der Waals surface area (Å²) in [5.74, 6) is -0.275. The molecule has 0 radical (unpaired) electrons. The smallest absolute Gasteiger partial charge is 0.296 e. The van der Waals surface area contributed by atoms with Crippen molar-refractivity contribution in [2.24, 2.45) is 0 Å². The summed E-state index contributed by atoms with van der Waals surface area (Å²) < 4.78 is 0.986. The maximum atomic E-state index is 9.39. The van der Waals surface area contributed by atoms with Crippen LogP contribution in [-0.2, 0) is 0 Å². The van der Waals surface area contributed by atoms with Crippen LogP contribution in [0.2, 0.25) is 0 Å². The first-order chi connectivity index (χ1) is 12.7. The van der Waals surface area contributed by atoms with Gasteiger partial charge in [-0.15, -0.1) is 22.7 Å². The van der Waals surface area contributed by atoms with Crippen LogP contribution in [0.25, 0.3) is 42.0 Å². The molecule has 4 rings (SSSR count). The highest BCUT2D eigenvalue weighted by atomic mass is 32.1. The third kappa shape index (κ3) is 2.15. The maximum Gasteiger partial charge on any atom is 0.317 e. The summed E-state index contributed by atoms with van der Waals surface area (Å²) in [6, 6.07) is 9.12. The van der Waals surface area contributed by atoms with E-state index in [-0.39, 0.29) is 11.6 Å². The topological polar surface area (TPSA) is 56.3 Å². The van der Waals surface area contributed by atoms with Crippen LogP contribution in [-0.4, -0.2) is 6.04 Å². The van der Waals surface area contributed by atoms with Gasteiger partial charge in [0.1, 0.15) is 0 Å². The first-order valence-electron chi connectivity index (χ1n) is 7.61. The van der Waals surface area contributed by atoms with Gasteiger partial charge in [-0.05, 0) is 44.6 Å². The number of fused-ring (bicyclic) bond motifs is 5. The van der Waals surface area contributed by atoms with Crippen LogP contribution >= 0.6 is 22.7 Å². The Morgan fingerprint density at radius 1 is 1.19 bits per heavy atom. The van der Waals surface area contributed by atoms with E-state index in [4.69, 9.17) is 13.1 Å². The molecule has 120 valence electrons. The number of hydrogen-bond acceptors (Lipinski definition) is 4. The SMILES string of the molecule is [C-]#[N+]/C(C#N)=c1\cc2c(c3sccc13)=CC(C(C#N)[N+]#[C-])c1ccsc1-2. The lowest BCUT2D eigenvalue weighted by molar-refractivity contribution is 0.854. The Morgan fingerprint density at radius 3 is 2.69 bits per heavy atom. The molecule has 2 unspecified atom stereocenters. The highest BCUT2D eigenvalue weighted by Gasteiger charge is 2.32. The minimum atomic E-state index is -0.768. The Morgan fingerprint density at radius 2 is 2.00 bits per heavy atom. The van der Waals surface area contributed by atoms with Gasteiger partial charge in [0, 0.05) is 14.8 Å². The van der Waals surface area contributed by atoms with Gasteiger partial charge >= 0.3 is 6.04 Å². The van der Waals surface area contributed by atoms with Gasteiger partial charge in [-0.1, -0.05) is 12.1 Å². The summed E-state index contributed by atoms with van der Waals surface area (Å²) in [7, 11) is 0. The van der Waals surface area contributed by atoms with Gasteiger partial charge in [0.15, 0.2) is 6.07 Å². The molecule has 0 fully saturated rings. The number of nitriles is 2. The third-order valence-electron chi connectivity index (χ3n) is 4.51. The molecular weight excluding hydrogens is 360 g/mol. The summed E-state index contributed by atoms with van der Waals surface area (Å²) in [5, 5.41) is 25.1. The molecule has 0 aliphatic heterocycles. The fourth-order valence-electron chi connectivity index (χ4n) is 3.37. The third-order valence-corrected chi connectivity index (χ3v) is 6.42. The molecule has 1 aliphatic carbocycles. The fraction of sp³-hybridized carbons (Fsp3) is 0.100. The van der Waals surface area contributed by atoms with E-state index in [9.17, 15) is 10.5 Å². The molecule has 0 spiro atoms. The minimum absolute atomic E-state index is 0.0764. The molecule has 1 aromatic carbocycles. The molecular formula is C20H8N4S2. The van der Waals surface area contributed by atoms with Crippen molar-refractivity contribution in [2.75, 3.05) is 0 Å². The van der Waals surface area contributed by atoms with Crippen LogP contribution < -0.4 is 10.4 Å². The normalized spacial score (nSPS) is 16.7. The van der Waals surface area contributed by atoms with E-state index in [1.54, 1.807) is 22.7 Å². The van der Waals surface area contributed by atoms with Crippen molar-refractivity contribution in [1.82, 2.24) is 0 Å². The first-order valence-corrected chi connectivity index (χ1v) is 9.37. The number of rotatable bonds is 1. The van der Waals surface area contributed by atoms with Gasteiger partial charge < -0.3 is 0 Å². The molecule has 26 heavy (non-hydrogen) atoms. The van der Waals surface area contributed by atoms with Crippen molar-refractivity contribution in [3.63, 3.8) is 0 Å². The van der Waals surface area contributed by atoms with Gasteiger partial charge in [-0.2, -0.15) is 5.26 Å². The zero-order chi connectivity index (χ0) is 18.3. The molecule has 6 heteroatoms. The molecule has 0 saturated carbocycles. The summed E-state index contributed by atoms with van der Waals surface area (Å²) in [6.45, 7) is 14.7. The highest BCUT2D eigenvalue weighted by Crippen LogP contribution is 2.39. The lowest BCUT2D eigenvalue weighted by Gasteiger charge is -2.18. The van der Waals surface area contributed by atoms with Crippen molar-refractivity contribution in [3.05, 3.63) is 67.8 Å². The maximum absolute atomic E-state index is 9.39. The summed E-state index contributed by atoms with van der Waals surface area (Å²) in [6.07, 6.45) is 2.00. The molecule has 2 aromatic heterocycles. The van der Waals surface area contributed by atoms with Crippen molar-refractivity contribution >= 4 is 44.5 Å². The molecule has 0 bridgehead atoms. The molecule has 0 saturated heterocycles. The molecule has 4 nitrogen and oxygen atoms in total. The van der Waals surface area contributed by atoms with Crippen molar-refractivity contribution in [3.8, 4) is 22.6 Å². The van der Waals surface area contributed by atoms with E-state index in [2.05, 4.69) is 15.8 Å². The quantitative estimate of drug-likeness (QED) is 0.612. The van der Waals surface area contributed by atoms with Gasteiger partial charge in [-0.3, -0.25) is 4.85 Å². The first kappa shape index (κ1) is 16.1. The second-order valence-corrected chi connectivity index (χ2v) is 7.55. The van der Waals surface area contributed by atoms with Crippen molar-refractivity contribution < 1.29 is 0 Å². The molecule has 3 aromatic rings. The molecule has 0 N–H and O–H groups in total. The number of thiophene rings is 2. The Hall–Kier alpha value is -3.42. The van der Waals surface area contributed by atoms with Crippen LogP contribution in [0.15, 0.2) is 29.0 Å². The van der Waals surface area contributed by atoms with Gasteiger partial charge in [0.25, 0.3) is 5.70 Å². The molecule has 2 heterocycles. The van der Waals surface area contributed by atoms with Crippen LogP contribution in [0.1, 0.15) is 11.5 Å². The standard InChI is InChI=1S/C20H8N4S2/c1-23-17(9-21)13-7-15-16(19-11(13)3-5-25-19)8-14(18(10-22)24-2)12-4-6-26-20(12)15/h3-8,13,17H/b18-14+. The predicted octanol–water partition coefficient (Wildman–Crippen LogP) is 3.87. The van der Waals surface area contributed by atoms with Crippen molar-refractivity contribution in [1.29, 1.82) is 10.5 Å². The fourth-order valence-corrected chi connectivity index (χ4v) is 5.30. The Bertz CT molecular complexity index is 1320. The zero-order valence-corrected chi connectivity index (χ0v) is 14.9. The van der Waals surface area contributed by atoms with E-state index in [1.165, 1.54) is 0 Å². The van der Waals surface area contributed by atoms with E-state index in [0.717, 1.165) is 31.3 Å². The van der Waals surface area contributed by atoms with Crippen molar-refractivity contribution in [2.45, 2.75) is 12.0 Å². The largest absolute Gasteiger partial charge is 0.317 e. The van der Waals surface area contributed by atoms with E-state index < -0.39 is 6.04 Å². The Labute approximate surface area is 157 Å². The molecule has 0 amide bonds. The van der Waals surface area contributed by atoms with E-state index >= 15 is 0 Å². The molecule has 2 atom stereocenters. The van der Waals surface area contributed by atoms with E-state index in [1.807, 2.05) is 41.1 Å². The zero-order valence-electron chi connectivity index (χ0n) is 13.2. The average molecular weight is 368 g/mol. The summed E-state index contributed by atoms with van der Waals surface area (Å²) in [5.41, 5.74) is 2.01. The average Bonchev–Trinajstić information content (AvgIpc) is 3.33. The Kier molecular flexibility index (Phi) is 3.80. The lowest BCUT2D eigenvalue weighted by Crippen LogP contribution is -2.23. The Balaban J connectivity index is 2.21. The summed E-state index contributed by atoms with van der Waals surface area (Å²) in [4.78, 5) is 7.90. The highest BCUT2D eigenvalue weighted by molar-refractivity contribution is 7.17. The number of hydrogen-bond donors (Lipinski definition) is 0. The van der Waals surface area contributed by atoms with Crippen LogP contribution in [0.5, 0.6) is 0 Å². The summed E-state index contributed by atoms with van der Waals surface area (Å²) >= 11 is 3.11. The predicted molar refractivity (Wildman–Crippen MR) is 103 cm³/mol. The van der Waals surface area contributed by atoms with Crippen LogP contribution in [0, 0.1) is 35.8 Å². The second-order valence-electron chi connectivity index (χ2n) is 5.72. The second kappa shape index (κ2) is 6.14. The van der Waals surface area contributed by atoms with Crippen LogP contribution in [0.3, 0.4) is 0 Å². The number of nitrogens with zero attached hydrogens (tertiary/aromatic N) is 4.